The highest BCUT2D eigenvalue weighted by Gasteiger charge is 2.33. The Morgan fingerprint density at radius 2 is 2.24 bits per heavy atom. The van der Waals surface area contributed by atoms with Gasteiger partial charge >= 0.3 is 0 Å². The molecule has 21 heavy (non-hydrogen) atoms. The molecule has 0 amide bonds. The number of nitrogens with zero attached hydrogens (tertiary/aromatic N) is 2. The van der Waals surface area contributed by atoms with E-state index in [4.69, 9.17) is 4.52 Å². The Bertz CT molecular complexity index is 611. The van der Waals surface area contributed by atoms with Crippen LogP contribution < -0.4 is 5.32 Å². The van der Waals surface area contributed by atoms with Crippen molar-refractivity contribution in [2.75, 3.05) is 18.1 Å². The summed E-state index contributed by atoms with van der Waals surface area (Å²) in [5.41, 5.74) is 1.51. The second-order valence-electron chi connectivity index (χ2n) is 5.28. The second kappa shape index (κ2) is 6.15. The van der Waals surface area contributed by atoms with E-state index in [1.54, 1.807) is 0 Å². The van der Waals surface area contributed by atoms with Crippen LogP contribution in [0.2, 0.25) is 0 Å². The van der Waals surface area contributed by atoms with Crippen LogP contribution >= 0.6 is 11.8 Å². The molecule has 0 aliphatic carbocycles. The molecule has 1 aromatic carbocycles. The van der Waals surface area contributed by atoms with Crippen LogP contribution in [0, 0.1) is 12.7 Å². The summed E-state index contributed by atoms with van der Waals surface area (Å²) >= 11 is 1.88. The summed E-state index contributed by atoms with van der Waals surface area (Å²) < 4.78 is 18.9. The normalized spacial score (nSPS) is 21.9. The molecule has 2 aromatic rings. The van der Waals surface area contributed by atoms with Crippen molar-refractivity contribution in [1.29, 1.82) is 0 Å². The molecule has 1 aliphatic heterocycles. The first kappa shape index (κ1) is 14.5. The summed E-state index contributed by atoms with van der Waals surface area (Å²) in [6.07, 6.45) is 0. The maximum absolute atomic E-state index is 13.5. The van der Waals surface area contributed by atoms with Crippen LogP contribution in [0.25, 0.3) is 11.4 Å². The number of aryl methyl sites for hydroxylation is 1. The average Bonchev–Trinajstić information content (AvgIpc) is 3.06. The van der Waals surface area contributed by atoms with Crippen molar-refractivity contribution in [2.45, 2.75) is 25.8 Å². The van der Waals surface area contributed by atoms with Gasteiger partial charge in [0.05, 0.1) is 5.92 Å². The molecular weight excluding hydrogens is 289 g/mol. The number of hydrogen-bond acceptors (Lipinski definition) is 5. The fourth-order valence-corrected chi connectivity index (χ4v) is 4.00. The predicted octanol–water partition coefficient (Wildman–Crippen LogP) is 2.99. The van der Waals surface area contributed by atoms with E-state index in [1.165, 1.54) is 12.1 Å². The Hall–Kier alpha value is -1.40. The van der Waals surface area contributed by atoms with E-state index in [-0.39, 0.29) is 11.7 Å². The van der Waals surface area contributed by atoms with Gasteiger partial charge in [0.1, 0.15) is 5.82 Å². The quantitative estimate of drug-likeness (QED) is 0.941. The van der Waals surface area contributed by atoms with E-state index >= 15 is 0 Å². The third-order valence-corrected chi connectivity index (χ3v) is 4.80. The van der Waals surface area contributed by atoms with Crippen LogP contribution in [-0.2, 0) is 0 Å². The Kier molecular flexibility index (Phi) is 4.26. The number of hydrogen-bond donors (Lipinski definition) is 1. The van der Waals surface area contributed by atoms with Gasteiger partial charge in [0.15, 0.2) is 0 Å². The highest BCUT2D eigenvalue weighted by molar-refractivity contribution is 7.99. The molecule has 6 heteroatoms. The van der Waals surface area contributed by atoms with Crippen molar-refractivity contribution in [3.05, 3.63) is 35.5 Å². The molecular formula is C15H18FN3OS. The zero-order valence-electron chi connectivity index (χ0n) is 12.1. The summed E-state index contributed by atoms with van der Waals surface area (Å²) in [5, 5.41) is 7.47. The van der Waals surface area contributed by atoms with Gasteiger partial charge in [-0.2, -0.15) is 16.7 Å². The SMILES string of the molecule is CCNC1CSCC1c1nc(-c2cc(C)cc(F)c2)no1. The fraction of sp³-hybridized carbons (Fsp3) is 0.467. The topological polar surface area (TPSA) is 51.0 Å². The van der Waals surface area contributed by atoms with Gasteiger partial charge in [-0.05, 0) is 37.2 Å². The summed E-state index contributed by atoms with van der Waals surface area (Å²) in [5.74, 6) is 3.07. The molecule has 1 aliphatic rings. The maximum Gasteiger partial charge on any atom is 0.232 e. The highest BCUT2D eigenvalue weighted by atomic mass is 32.2. The lowest BCUT2D eigenvalue weighted by molar-refractivity contribution is 0.340. The standard InChI is InChI=1S/C15H18FN3OS/c1-3-17-13-8-21-7-12(13)15-18-14(19-20-15)10-4-9(2)5-11(16)6-10/h4-6,12-13,17H,3,7-8H2,1-2H3. The minimum atomic E-state index is -0.279. The van der Waals surface area contributed by atoms with E-state index < -0.39 is 0 Å². The Morgan fingerprint density at radius 3 is 3.00 bits per heavy atom. The maximum atomic E-state index is 13.5. The molecule has 1 N–H and O–H groups in total. The monoisotopic (exact) mass is 307 g/mol. The third-order valence-electron chi connectivity index (χ3n) is 3.61. The number of thioether (sulfide) groups is 1. The Morgan fingerprint density at radius 1 is 1.38 bits per heavy atom. The molecule has 0 bridgehead atoms. The average molecular weight is 307 g/mol. The molecule has 2 atom stereocenters. The molecule has 2 unspecified atom stereocenters. The molecule has 0 saturated carbocycles. The number of aromatic nitrogens is 2. The number of rotatable bonds is 4. The Labute approximate surface area is 127 Å². The summed E-state index contributed by atoms with van der Waals surface area (Å²) in [6.45, 7) is 4.86. The largest absolute Gasteiger partial charge is 0.339 e. The summed E-state index contributed by atoms with van der Waals surface area (Å²) in [7, 11) is 0. The van der Waals surface area contributed by atoms with Gasteiger partial charge in [0.25, 0.3) is 0 Å². The van der Waals surface area contributed by atoms with Crippen molar-refractivity contribution >= 4 is 11.8 Å². The van der Waals surface area contributed by atoms with Crippen molar-refractivity contribution in [1.82, 2.24) is 15.5 Å². The summed E-state index contributed by atoms with van der Waals surface area (Å²) in [6, 6.07) is 5.15. The minimum Gasteiger partial charge on any atom is -0.339 e. The predicted molar refractivity (Wildman–Crippen MR) is 82.0 cm³/mol. The van der Waals surface area contributed by atoms with Crippen molar-refractivity contribution in [3.63, 3.8) is 0 Å². The molecule has 112 valence electrons. The van der Waals surface area contributed by atoms with Crippen molar-refractivity contribution in [3.8, 4) is 11.4 Å². The lowest BCUT2D eigenvalue weighted by atomic mass is 10.0. The first-order valence-electron chi connectivity index (χ1n) is 7.09. The number of benzene rings is 1. The third kappa shape index (κ3) is 3.11. The number of nitrogens with one attached hydrogen (secondary N) is 1. The minimum absolute atomic E-state index is 0.228. The van der Waals surface area contributed by atoms with Gasteiger partial charge in [-0.3, -0.25) is 0 Å². The molecule has 0 radical (unpaired) electrons. The zero-order chi connectivity index (χ0) is 14.8. The van der Waals surface area contributed by atoms with Gasteiger partial charge in [0, 0.05) is 23.1 Å². The van der Waals surface area contributed by atoms with Crippen LogP contribution in [-0.4, -0.2) is 34.2 Å². The van der Waals surface area contributed by atoms with Crippen molar-refractivity contribution < 1.29 is 8.91 Å². The molecule has 4 nitrogen and oxygen atoms in total. The van der Waals surface area contributed by atoms with Gasteiger partial charge in [-0.15, -0.1) is 0 Å². The van der Waals surface area contributed by atoms with E-state index in [9.17, 15) is 4.39 Å². The van der Waals surface area contributed by atoms with Gasteiger partial charge in [-0.1, -0.05) is 12.1 Å². The van der Waals surface area contributed by atoms with E-state index in [2.05, 4.69) is 22.4 Å². The highest BCUT2D eigenvalue weighted by Crippen LogP contribution is 2.33. The molecule has 1 saturated heterocycles. The molecule has 1 aromatic heterocycles. The number of halogens is 1. The van der Waals surface area contributed by atoms with E-state index in [0.717, 1.165) is 23.6 Å². The van der Waals surface area contributed by atoms with Gasteiger partial charge < -0.3 is 9.84 Å². The first-order chi connectivity index (χ1) is 10.2. The molecule has 3 rings (SSSR count). The first-order valence-corrected chi connectivity index (χ1v) is 8.25. The molecule has 1 fully saturated rings. The fourth-order valence-electron chi connectivity index (χ4n) is 2.63. The zero-order valence-corrected chi connectivity index (χ0v) is 12.9. The van der Waals surface area contributed by atoms with E-state index in [1.807, 2.05) is 24.8 Å². The summed E-state index contributed by atoms with van der Waals surface area (Å²) in [4.78, 5) is 4.48. The van der Waals surface area contributed by atoms with Gasteiger partial charge in [-0.25, -0.2) is 4.39 Å². The van der Waals surface area contributed by atoms with Crippen LogP contribution in [0.4, 0.5) is 4.39 Å². The lowest BCUT2D eigenvalue weighted by Crippen LogP contribution is -2.34. The second-order valence-corrected chi connectivity index (χ2v) is 6.36. The van der Waals surface area contributed by atoms with Crippen LogP contribution in [0.15, 0.2) is 22.7 Å². The van der Waals surface area contributed by atoms with Crippen LogP contribution in [0.5, 0.6) is 0 Å². The molecule has 2 heterocycles. The Balaban J connectivity index is 1.86. The molecule has 0 spiro atoms. The van der Waals surface area contributed by atoms with Crippen LogP contribution in [0.1, 0.15) is 24.3 Å². The van der Waals surface area contributed by atoms with Gasteiger partial charge in [0.2, 0.25) is 11.7 Å². The van der Waals surface area contributed by atoms with Crippen LogP contribution in [0.3, 0.4) is 0 Å². The smallest absolute Gasteiger partial charge is 0.232 e. The van der Waals surface area contributed by atoms with E-state index in [0.29, 0.717) is 23.3 Å². The lowest BCUT2D eigenvalue weighted by Gasteiger charge is -2.15. The van der Waals surface area contributed by atoms with Crippen molar-refractivity contribution in [2.24, 2.45) is 0 Å². The number of likely N-dealkylation sites (N-methyl/N-ethyl adjacent to an activating group) is 1.